The van der Waals surface area contributed by atoms with Crippen molar-refractivity contribution in [2.75, 3.05) is 14.1 Å². The number of nitrogens with zero attached hydrogens (tertiary/aromatic N) is 1. The van der Waals surface area contributed by atoms with Crippen molar-refractivity contribution in [3.8, 4) is 0 Å². The van der Waals surface area contributed by atoms with Gasteiger partial charge in [0.05, 0.1) is 17.1 Å². The maximum Gasteiger partial charge on any atom is 0.163 e. The Morgan fingerprint density at radius 1 is 1.33 bits per heavy atom. The maximum absolute atomic E-state index is 12.8. The number of allylic oxidation sites excluding steroid dienone is 1. The zero-order valence-corrected chi connectivity index (χ0v) is 13.7. The Labute approximate surface area is 128 Å². The van der Waals surface area contributed by atoms with Crippen LogP contribution in [-0.4, -0.2) is 41.0 Å². The Kier molecular flexibility index (Phi) is 3.77. The molecule has 0 amide bonds. The van der Waals surface area contributed by atoms with Crippen molar-refractivity contribution in [2.24, 2.45) is 11.8 Å². The van der Waals surface area contributed by atoms with Gasteiger partial charge in [-0.05, 0) is 57.3 Å². The molecule has 4 atom stereocenters. The number of aliphatic hydroxyl groups is 1. The number of rotatable bonds is 3. The highest BCUT2D eigenvalue weighted by atomic mass is 16.3. The van der Waals surface area contributed by atoms with Gasteiger partial charge in [-0.3, -0.25) is 9.69 Å². The van der Waals surface area contributed by atoms with E-state index in [2.05, 4.69) is 25.9 Å². The molecule has 2 fully saturated rings. The second-order valence-corrected chi connectivity index (χ2v) is 7.57. The predicted molar refractivity (Wildman–Crippen MR) is 84.0 cm³/mol. The van der Waals surface area contributed by atoms with Crippen molar-refractivity contribution in [3.63, 3.8) is 0 Å². The van der Waals surface area contributed by atoms with E-state index in [1.807, 2.05) is 6.08 Å². The molecule has 21 heavy (non-hydrogen) atoms. The molecule has 3 heteroatoms. The van der Waals surface area contributed by atoms with Crippen LogP contribution in [0.1, 0.15) is 58.3 Å². The minimum absolute atomic E-state index is 0.180. The van der Waals surface area contributed by atoms with Crippen LogP contribution in [-0.2, 0) is 4.79 Å². The first-order chi connectivity index (χ1) is 9.96. The number of hydrogen-bond donors (Lipinski definition) is 1. The number of hydrogen-bond acceptors (Lipinski definition) is 3. The number of carbonyl (C=O) groups excluding carboxylic acids is 1. The quantitative estimate of drug-likeness (QED) is 0.869. The lowest BCUT2D eigenvalue weighted by Gasteiger charge is -2.42. The molecule has 0 bridgehead atoms. The van der Waals surface area contributed by atoms with Gasteiger partial charge in [0, 0.05) is 0 Å². The minimum atomic E-state index is -0.774. The second-order valence-electron chi connectivity index (χ2n) is 7.57. The fourth-order valence-corrected chi connectivity index (χ4v) is 5.46. The van der Waals surface area contributed by atoms with Crippen LogP contribution in [0.2, 0.25) is 0 Å². The van der Waals surface area contributed by atoms with Gasteiger partial charge in [0.15, 0.2) is 5.78 Å². The Balaban J connectivity index is 2.07. The average molecular weight is 291 g/mol. The van der Waals surface area contributed by atoms with E-state index in [0.29, 0.717) is 0 Å². The third-order valence-corrected chi connectivity index (χ3v) is 6.35. The Morgan fingerprint density at radius 2 is 2.10 bits per heavy atom. The van der Waals surface area contributed by atoms with Gasteiger partial charge in [-0.25, -0.2) is 0 Å². The molecule has 0 radical (unpaired) electrons. The van der Waals surface area contributed by atoms with Gasteiger partial charge in [-0.15, -0.1) is 0 Å². The maximum atomic E-state index is 12.8. The van der Waals surface area contributed by atoms with Crippen molar-refractivity contribution < 1.29 is 9.90 Å². The number of ketones is 1. The number of carbonyl (C=O) groups is 1. The Bertz CT molecular complexity index is 470. The molecule has 0 heterocycles. The van der Waals surface area contributed by atoms with Gasteiger partial charge in [-0.1, -0.05) is 32.6 Å². The van der Waals surface area contributed by atoms with E-state index in [0.717, 1.165) is 38.5 Å². The van der Waals surface area contributed by atoms with Crippen LogP contribution in [0.25, 0.3) is 0 Å². The third-order valence-electron chi connectivity index (χ3n) is 6.35. The highest BCUT2D eigenvalue weighted by Crippen LogP contribution is 2.60. The van der Waals surface area contributed by atoms with Crippen molar-refractivity contribution in [2.45, 2.75) is 69.4 Å². The molecule has 3 nitrogen and oxygen atoms in total. The first-order valence-electron chi connectivity index (χ1n) is 8.61. The van der Waals surface area contributed by atoms with E-state index in [4.69, 9.17) is 0 Å². The Hall–Kier alpha value is -0.670. The summed E-state index contributed by atoms with van der Waals surface area (Å²) in [6.07, 6.45) is 10.2. The van der Waals surface area contributed by atoms with Crippen molar-refractivity contribution in [1.29, 1.82) is 0 Å². The average Bonchev–Trinajstić information content (AvgIpc) is 2.77. The third kappa shape index (κ3) is 1.97. The zero-order chi connectivity index (χ0) is 15.3. The van der Waals surface area contributed by atoms with Crippen molar-refractivity contribution in [1.82, 2.24) is 4.90 Å². The summed E-state index contributed by atoms with van der Waals surface area (Å²) in [6, 6.07) is 0. The van der Waals surface area contributed by atoms with Crippen molar-refractivity contribution in [3.05, 3.63) is 11.6 Å². The summed E-state index contributed by atoms with van der Waals surface area (Å²) in [7, 11) is 4.17. The van der Waals surface area contributed by atoms with Gasteiger partial charge in [0.1, 0.15) is 0 Å². The number of fused-ring (bicyclic) bond motifs is 3. The van der Waals surface area contributed by atoms with Gasteiger partial charge in [0.2, 0.25) is 0 Å². The monoisotopic (exact) mass is 291 g/mol. The van der Waals surface area contributed by atoms with E-state index >= 15 is 0 Å². The summed E-state index contributed by atoms with van der Waals surface area (Å²) in [5.74, 6) is 0.237. The fraction of sp³-hybridized carbons (Fsp3) is 0.833. The standard InChI is InChI=1S/C18H29NO2/c1-4-8-13-11-15(20)16-17(13,19(2)3)12-14-9-6-5-7-10-18(14,16)21/h11,14,16,21H,4-10,12H2,1-3H3/t14-,16-,17-,18+/m1/s1. The summed E-state index contributed by atoms with van der Waals surface area (Å²) >= 11 is 0. The lowest BCUT2D eigenvalue weighted by Crippen LogP contribution is -2.53. The summed E-state index contributed by atoms with van der Waals surface area (Å²) in [5, 5.41) is 11.5. The molecule has 0 aromatic carbocycles. The van der Waals surface area contributed by atoms with Crippen molar-refractivity contribution >= 4 is 5.78 Å². The normalized spacial score (nSPS) is 42.7. The topological polar surface area (TPSA) is 40.5 Å². The van der Waals surface area contributed by atoms with Crippen LogP contribution in [0, 0.1) is 11.8 Å². The highest BCUT2D eigenvalue weighted by Gasteiger charge is 2.67. The van der Waals surface area contributed by atoms with E-state index < -0.39 is 5.60 Å². The minimum Gasteiger partial charge on any atom is -0.389 e. The number of likely N-dealkylation sites (N-methyl/N-ethyl adjacent to an activating group) is 1. The van der Waals surface area contributed by atoms with E-state index in [1.54, 1.807) is 0 Å². The molecule has 0 saturated heterocycles. The van der Waals surface area contributed by atoms with E-state index in [1.165, 1.54) is 18.4 Å². The van der Waals surface area contributed by atoms with Gasteiger partial charge in [0.25, 0.3) is 0 Å². The molecule has 3 rings (SSSR count). The van der Waals surface area contributed by atoms with Crippen LogP contribution in [0.4, 0.5) is 0 Å². The zero-order valence-electron chi connectivity index (χ0n) is 13.7. The Morgan fingerprint density at radius 3 is 2.76 bits per heavy atom. The molecule has 118 valence electrons. The lowest BCUT2D eigenvalue weighted by atomic mass is 9.75. The molecule has 3 aliphatic carbocycles. The first kappa shape index (κ1) is 15.2. The van der Waals surface area contributed by atoms with Gasteiger partial charge >= 0.3 is 0 Å². The van der Waals surface area contributed by atoms with Crippen LogP contribution in [0.5, 0.6) is 0 Å². The second kappa shape index (κ2) is 5.20. The molecule has 0 aliphatic heterocycles. The summed E-state index contributed by atoms with van der Waals surface area (Å²) in [5.41, 5.74) is 0.278. The predicted octanol–water partition coefficient (Wildman–Crippen LogP) is 2.93. The van der Waals surface area contributed by atoms with Crippen LogP contribution in [0.3, 0.4) is 0 Å². The highest BCUT2D eigenvalue weighted by molar-refractivity contribution is 5.99. The summed E-state index contributed by atoms with van der Waals surface area (Å²) in [4.78, 5) is 15.0. The summed E-state index contributed by atoms with van der Waals surface area (Å²) < 4.78 is 0. The van der Waals surface area contributed by atoms with Gasteiger partial charge in [-0.2, -0.15) is 0 Å². The molecule has 0 unspecified atom stereocenters. The first-order valence-corrected chi connectivity index (χ1v) is 8.61. The SMILES string of the molecule is CCCC1=CC(=O)[C@H]2[C@]3(O)CCCCC[C@@H]3C[C@@]12N(C)C. The van der Waals surface area contributed by atoms with E-state index in [9.17, 15) is 9.90 Å². The van der Waals surface area contributed by atoms with Crippen LogP contribution >= 0.6 is 0 Å². The van der Waals surface area contributed by atoms with E-state index in [-0.39, 0.29) is 23.2 Å². The molecule has 0 aromatic rings. The molecular formula is C18H29NO2. The van der Waals surface area contributed by atoms with Crippen LogP contribution < -0.4 is 0 Å². The smallest absolute Gasteiger partial charge is 0.163 e. The van der Waals surface area contributed by atoms with Gasteiger partial charge < -0.3 is 5.11 Å². The molecular weight excluding hydrogens is 262 g/mol. The molecule has 2 saturated carbocycles. The summed E-state index contributed by atoms with van der Waals surface area (Å²) in [6.45, 7) is 2.17. The molecule has 1 N–H and O–H groups in total. The lowest BCUT2D eigenvalue weighted by molar-refractivity contribution is -0.131. The molecule has 0 aromatic heterocycles. The fourth-order valence-electron chi connectivity index (χ4n) is 5.46. The largest absolute Gasteiger partial charge is 0.389 e. The molecule has 0 spiro atoms. The van der Waals surface area contributed by atoms with Crippen LogP contribution in [0.15, 0.2) is 11.6 Å². The molecule has 3 aliphatic rings.